The molecule has 39 heavy (non-hydrogen) atoms. The minimum atomic E-state index is 0.813. The van der Waals surface area contributed by atoms with Crippen LogP contribution in [0.15, 0.2) is 133 Å². The van der Waals surface area contributed by atoms with E-state index in [1.54, 1.807) is 11.3 Å². The van der Waals surface area contributed by atoms with Gasteiger partial charge in [0.25, 0.3) is 0 Å². The van der Waals surface area contributed by atoms with Gasteiger partial charge in [-0.15, -0.1) is 11.3 Å². The second-order valence-electron chi connectivity index (χ2n) is 9.93. The Morgan fingerprint density at radius 1 is 0.462 bits per heavy atom. The molecule has 0 saturated carbocycles. The van der Waals surface area contributed by atoms with Crippen molar-refractivity contribution in [2.75, 3.05) is 0 Å². The molecule has 3 heteroatoms. The van der Waals surface area contributed by atoms with E-state index < -0.39 is 0 Å². The maximum atomic E-state index is 6.57. The van der Waals surface area contributed by atoms with E-state index in [2.05, 4.69) is 126 Å². The Labute approximate surface area is 235 Å². The number of halogens is 1. The van der Waals surface area contributed by atoms with E-state index in [4.69, 9.17) is 11.6 Å². The molecule has 1 nitrogen and oxygen atoms in total. The number of thiophene rings is 1. The van der Waals surface area contributed by atoms with Gasteiger partial charge in [0.05, 0.1) is 20.8 Å². The Hall–Kier alpha value is -4.37. The fourth-order valence-electron chi connectivity index (χ4n) is 5.81. The number of hydrogen-bond acceptors (Lipinski definition) is 1. The number of nitrogens with zero attached hydrogens (tertiary/aromatic N) is 1. The summed E-state index contributed by atoms with van der Waals surface area (Å²) in [5, 5.41) is 5.77. The molecule has 184 valence electrons. The highest BCUT2D eigenvalue weighted by molar-refractivity contribution is 7.26. The maximum Gasteiger partial charge on any atom is 0.0584 e. The first-order valence-electron chi connectivity index (χ1n) is 13.0. The van der Waals surface area contributed by atoms with Crippen LogP contribution >= 0.6 is 22.9 Å². The molecule has 0 radical (unpaired) electrons. The molecule has 0 atom stereocenters. The number of benzene rings is 6. The molecule has 0 N–H and O–H groups in total. The normalized spacial score (nSPS) is 11.7. The van der Waals surface area contributed by atoms with Gasteiger partial charge in [0.15, 0.2) is 0 Å². The van der Waals surface area contributed by atoms with E-state index in [-0.39, 0.29) is 0 Å². The highest BCUT2D eigenvalue weighted by atomic mass is 35.5. The van der Waals surface area contributed by atoms with Crippen LogP contribution in [0.4, 0.5) is 0 Å². The van der Waals surface area contributed by atoms with Gasteiger partial charge in [-0.1, -0.05) is 103 Å². The molecule has 8 rings (SSSR count). The predicted molar refractivity (Wildman–Crippen MR) is 170 cm³/mol. The maximum absolute atomic E-state index is 6.57. The zero-order chi connectivity index (χ0) is 25.9. The van der Waals surface area contributed by atoms with Gasteiger partial charge in [-0.3, -0.25) is 0 Å². The Morgan fingerprint density at radius 2 is 1.18 bits per heavy atom. The van der Waals surface area contributed by atoms with Gasteiger partial charge in [-0.05, 0) is 64.7 Å². The lowest BCUT2D eigenvalue weighted by Crippen LogP contribution is -1.94. The molecule has 0 spiro atoms. The smallest absolute Gasteiger partial charge is 0.0584 e. The fourth-order valence-corrected chi connectivity index (χ4v) is 7.19. The quantitative estimate of drug-likeness (QED) is 0.212. The van der Waals surface area contributed by atoms with Crippen LogP contribution < -0.4 is 0 Å². The minimum Gasteiger partial charge on any atom is -0.309 e. The number of fused-ring (bicyclic) bond motifs is 6. The molecule has 0 fully saturated rings. The Balaban J connectivity index is 1.44. The molecule has 2 heterocycles. The second-order valence-corrected chi connectivity index (χ2v) is 11.4. The molecular weight excluding hydrogens is 514 g/mol. The summed E-state index contributed by atoms with van der Waals surface area (Å²) in [5.74, 6) is 0. The van der Waals surface area contributed by atoms with E-state index in [1.165, 1.54) is 59.5 Å². The van der Waals surface area contributed by atoms with E-state index in [0.717, 1.165) is 15.4 Å². The minimum absolute atomic E-state index is 0.813. The zero-order valence-electron chi connectivity index (χ0n) is 20.9. The van der Waals surface area contributed by atoms with Crippen LogP contribution in [-0.4, -0.2) is 4.57 Å². The van der Waals surface area contributed by atoms with Gasteiger partial charge in [0, 0.05) is 31.9 Å². The summed E-state index contributed by atoms with van der Waals surface area (Å²) >= 11 is 8.33. The molecule has 0 aliphatic heterocycles. The van der Waals surface area contributed by atoms with Crippen LogP contribution in [0, 0.1) is 0 Å². The molecule has 0 bridgehead atoms. The van der Waals surface area contributed by atoms with Crippen LogP contribution in [0.1, 0.15) is 0 Å². The second kappa shape index (κ2) is 8.84. The molecule has 6 aromatic carbocycles. The first kappa shape index (κ1) is 22.6. The first-order chi connectivity index (χ1) is 19.2. The first-order valence-corrected chi connectivity index (χ1v) is 14.2. The fraction of sp³-hybridized carbons (Fsp3) is 0. The lowest BCUT2D eigenvalue weighted by molar-refractivity contribution is 1.19. The third-order valence-corrected chi connectivity index (χ3v) is 9.32. The summed E-state index contributed by atoms with van der Waals surface area (Å²) in [5.41, 5.74) is 8.44. The van der Waals surface area contributed by atoms with Crippen molar-refractivity contribution in [2.24, 2.45) is 0 Å². The van der Waals surface area contributed by atoms with Crippen LogP contribution in [0.2, 0.25) is 5.02 Å². The van der Waals surface area contributed by atoms with Gasteiger partial charge < -0.3 is 4.57 Å². The highest BCUT2D eigenvalue weighted by Crippen LogP contribution is 2.41. The summed E-state index contributed by atoms with van der Waals surface area (Å²) in [6, 6.07) is 47.9. The Bertz CT molecular complexity index is 2170. The van der Waals surface area contributed by atoms with Crippen molar-refractivity contribution < 1.29 is 0 Å². The van der Waals surface area contributed by atoms with Gasteiger partial charge in [-0.25, -0.2) is 0 Å². The van der Waals surface area contributed by atoms with Gasteiger partial charge in [-0.2, -0.15) is 0 Å². The molecule has 0 amide bonds. The predicted octanol–water partition coefficient (Wildman–Crippen LogP) is 11.1. The van der Waals surface area contributed by atoms with E-state index >= 15 is 0 Å². The monoisotopic (exact) mass is 535 g/mol. The van der Waals surface area contributed by atoms with Crippen LogP contribution in [-0.2, 0) is 0 Å². The average Bonchev–Trinajstić information content (AvgIpc) is 3.53. The van der Waals surface area contributed by atoms with Crippen molar-refractivity contribution in [1.29, 1.82) is 0 Å². The number of hydrogen-bond donors (Lipinski definition) is 0. The van der Waals surface area contributed by atoms with Crippen molar-refractivity contribution in [3.63, 3.8) is 0 Å². The lowest BCUT2D eigenvalue weighted by atomic mass is 10.0. The van der Waals surface area contributed by atoms with Crippen LogP contribution in [0.25, 0.3) is 69.9 Å². The number of rotatable bonds is 3. The van der Waals surface area contributed by atoms with Crippen molar-refractivity contribution in [2.45, 2.75) is 0 Å². The third-order valence-electron chi connectivity index (χ3n) is 7.67. The van der Waals surface area contributed by atoms with Gasteiger partial charge in [0.2, 0.25) is 0 Å². The number of aromatic nitrogens is 1. The molecule has 0 aliphatic carbocycles. The van der Waals surface area contributed by atoms with E-state index in [0.29, 0.717) is 0 Å². The highest BCUT2D eigenvalue weighted by Gasteiger charge is 2.16. The average molecular weight is 536 g/mol. The van der Waals surface area contributed by atoms with Gasteiger partial charge >= 0.3 is 0 Å². The molecule has 8 aromatic rings. The molecular formula is C36H22ClNS. The topological polar surface area (TPSA) is 4.93 Å². The largest absolute Gasteiger partial charge is 0.309 e. The molecule has 2 aromatic heterocycles. The molecule has 0 unspecified atom stereocenters. The summed E-state index contributed by atoms with van der Waals surface area (Å²) < 4.78 is 4.81. The molecule has 0 aliphatic rings. The zero-order valence-corrected chi connectivity index (χ0v) is 22.5. The lowest BCUT2D eigenvalue weighted by Gasteiger charge is -2.10. The van der Waals surface area contributed by atoms with Crippen LogP contribution in [0.5, 0.6) is 0 Å². The van der Waals surface area contributed by atoms with Crippen molar-refractivity contribution in [1.82, 2.24) is 4.57 Å². The van der Waals surface area contributed by atoms with Crippen molar-refractivity contribution in [3.05, 3.63) is 138 Å². The van der Waals surface area contributed by atoms with Crippen molar-refractivity contribution in [3.8, 4) is 27.9 Å². The summed E-state index contributed by atoms with van der Waals surface area (Å²) in [6.45, 7) is 0. The Kier molecular flexibility index (Phi) is 5.12. The van der Waals surface area contributed by atoms with E-state index in [9.17, 15) is 0 Å². The Morgan fingerprint density at radius 3 is 1.95 bits per heavy atom. The van der Waals surface area contributed by atoms with E-state index in [1.807, 2.05) is 12.1 Å². The summed E-state index contributed by atoms with van der Waals surface area (Å²) in [4.78, 5) is 0. The van der Waals surface area contributed by atoms with Gasteiger partial charge in [0.1, 0.15) is 0 Å². The SMILES string of the molecule is Clc1cccc2c1sc1ccc(-n3c4ccc(-c5ccccc5)cc4c4ccc(-c5ccccc5)cc43)cc12. The summed E-state index contributed by atoms with van der Waals surface area (Å²) in [6.07, 6.45) is 0. The van der Waals surface area contributed by atoms with Crippen molar-refractivity contribution >= 4 is 64.9 Å². The molecule has 0 saturated heterocycles. The van der Waals surface area contributed by atoms with Crippen LogP contribution in [0.3, 0.4) is 0 Å². The standard InChI is InChI=1S/C36H22ClNS/c37-32-13-7-12-29-31-22-27(16-19-35(31)39-36(29)32)38-33-18-15-25(23-8-3-1-4-9-23)20-30(33)28-17-14-26(21-34(28)38)24-10-5-2-6-11-24/h1-22H. The third kappa shape index (κ3) is 3.60. The summed E-state index contributed by atoms with van der Waals surface area (Å²) in [7, 11) is 0.